The topological polar surface area (TPSA) is 26.3 Å². The Kier molecular flexibility index (Phi) is 4.11. The zero-order chi connectivity index (χ0) is 13.1. The Morgan fingerprint density at radius 3 is 2.47 bits per heavy atom. The van der Waals surface area contributed by atoms with E-state index in [1.54, 1.807) is 6.92 Å². The lowest BCUT2D eigenvalue weighted by atomic mass is 9.82. The van der Waals surface area contributed by atoms with Crippen molar-refractivity contribution >= 4 is 5.97 Å². The lowest BCUT2D eigenvalue weighted by Crippen LogP contribution is -2.19. The molecule has 0 saturated heterocycles. The fourth-order valence-electron chi connectivity index (χ4n) is 1.49. The van der Waals surface area contributed by atoms with E-state index in [1.807, 2.05) is 24.3 Å². The van der Waals surface area contributed by atoms with Crippen LogP contribution < -0.4 is 4.74 Å². The maximum absolute atomic E-state index is 11.6. The van der Waals surface area contributed by atoms with Crippen LogP contribution in [0.5, 0.6) is 5.75 Å². The molecule has 92 valence electrons. The molecule has 1 aromatic carbocycles. The number of carbonyl (C=O) groups is 1. The molecule has 17 heavy (non-hydrogen) atoms. The highest BCUT2D eigenvalue weighted by Gasteiger charge is 2.23. The van der Waals surface area contributed by atoms with Gasteiger partial charge in [0.05, 0.1) is 0 Å². The Morgan fingerprint density at radius 2 is 1.94 bits per heavy atom. The van der Waals surface area contributed by atoms with E-state index in [0.29, 0.717) is 11.3 Å². The minimum Gasteiger partial charge on any atom is -0.423 e. The largest absolute Gasteiger partial charge is 0.423 e. The first-order valence-electron chi connectivity index (χ1n) is 5.85. The third kappa shape index (κ3) is 3.19. The molecule has 0 N–H and O–H groups in total. The molecule has 0 aromatic heterocycles. The third-order valence-electron chi connectivity index (χ3n) is 3.05. The average molecular weight is 232 g/mol. The smallest absolute Gasteiger partial charge is 0.338 e. The van der Waals surface area contributed by atoms with Crippen LogP contribution in [0.15, 0.2) is 36.4 Å². The van der Waals surface area contributed by atoms with E-state index in [-0.39, 0.29) is 11.4 Å². The molecule has 0 radical (unpaired) electrons. The van der Waals surface area contributed by atoms with Crippen LogP contribution in [-0.2, 0) is 10.2 Å². The van der Waals surface area contributed by atoms with Gasteiger partial charge in [0, 0.05) is 11.1 Å². The van der Waals surface area contributed by atoms with Crippen molar-refractivity contribution in [1.29, 1.82) is 0 Å². The predicted octanol–water partition coefficient (Wildman–Crippen LogP) is 3.86. The summed E-state index contributed by atoms with van der Waals surface area (Å²) in [6.45, 7) is 11.6. The van der Waals surface area contributed by atoms with Crippen molar-refractivity contribution < 1.29 is 9.53 Å². The van der Waals surface area contributed by atoms with E-state index in [9.17, 15) is 4.79 Å². The van der Waals surface area contributed by atoms with Gasteiger partial charge in [0.2, 0.25) is 0 Å². The Bertz CT molecular complexity index is 430. The summed E-state index contributed by atoms with van der Waals surface area (Å²) in [4.78, 5) is 11.6. The monoisotopic (exact) mass is 232 g/mol. The van der Waals surface area contributed by atoms with Crippen LogP contribution in [0.2, 0.25) is 0 Å². The zero-order valence-corrected chi connectivity index (χ0v) is 11.0. The molecule has 0 atom stereocenters. The first kappa shape index (κ1) is 13.5. The van der Waals surface area contributed by atoms with Gasteiger partial charge in [0.25, 0.3) is 0 Å². The quantitative estimate of drug-likeness (QED) is 0.447. The van der Waals surface area contributed by atoms with Gasteiger partial charge in [-0.25, -0.2) is 4.79 Å². The molecule has 0 heterocycles. The SMILES string of the molecule is C=C(C)C(=O)Oc1ccccc1C(C)(C)CC. The second kappa shape index (κ2) is 5.17. The van der Waals surface area contributed by atoms with Crippen molar-refractivity contribution in [3.8, 4) is 5.75 Å². The molecule has 2 heteroatoms. The first-order chi connectivity index (χ1) is 7.88. The zero-order valence-electron chi connectivity index (χ0n) is 11.0. The molecular formula is C15H20O2. The summed E-state index contributed by atoms with van der Waals surface area (Å²) >= 11 is 0. The van der Waals surface area contributed by atoms with Crippen molar-refractivity contribution in [3.05, 3.63) is 42.0 Å². The Hall–Kier alpha value is -1.57. The molecule has 0 spiro atoms. The van der Waals surface area contributed by atoms with Crippen molar-refractivity contribution in [2.24, 2.45) is 0 Å². The minimum absolute atomic E-state index is 0.00799. The second-order valence-electron chi connectivity index (χ2n) is 4.90. The number of carbonyl (C=O) groups excluding carboxylic acids is 1. The molecule has 0 amide bonds. The number of hydrogen-bond acceptors (Lipinski definition) is 2. The minimum atomic E-state index is -0.371. The third-order valence-corrected chi connectivity index (χ3v) is 3.05. The van der Waals surface area contributed by atoms with Crippen molar-refractivity contribution in [2.45, 2.75) is 39.5 Å². The maximum Gasteiger partial charge on any atom is 0.338 e. The molecule has 2 nitrogen and oxygen atoms in total. The van der Waals surface area contributed by atoms with Gasteiger partial charge >= 0.3 is 5.97 Å². The normalized spacial score (nSPS) is 11.1. The lowest BCUT2D eigenvalue weighted by molar-refractivity contribution is -0.130. The molecule has 0 aliphatic heterocycles. The van der Waals surface area contributed by atoms with Crippen molar-refractivity contribution in [3.63, 3.8) is 0 Å². The average Bonchev–Trinajstić information content (AvgIpc) is 2.29. The number of ether oxygens (including phenoxy) is 1. The number of esters is 1. The summed E-state index contributed by atoms with van der Waals surface area (Å²) in [6, 6.07) is 7.67. The summed E-state index contributed by atoms with van der Waals surface area (Å²) < 4.78 is 5.36. The van der Waals surface area contributed by atoms with Gasteiger partial charge in [-0.15, -0.1) is 0 Å². The van der Waals surface area contributed by atoms with E-state index in [0.717, 1.165) is 12.0 Å². The molecule has 1 aromatic rings. The summed E-state index contributed by atoms with van der Waals surface area (Å²) in [7, 11) is 0. The van der Waals surface area contributed by atoms with E-state index in [2.05, 4.69) is 27.4 Å². The van der Waals surface area contributed by atoms with Gasteiger partial charge in [-0.3, -0.25) is 0 Å². The fourth-order valence-corrected chi connectivity index (χ4v) is 1.49. The standard InChI is InChI=1S/C15H20O2/c1-6-15(4,5)12-9-7-8-10-13(12)17-14(16)11(2)3/h7-10H,2,6H2,1,3-5H3. The highest BCUT2D eigenvalue weighted by molar-refractivity contribution is 5.89. The summed E-state index contributed by atoms with van der Waals surface area (Å²) in [6.07, 6.45) is 0.981. The van der Waals surface area contributed by atoms with E-state index < -0.39 is 0 Å². The van der Waals surface area contributed by atoms with Gasteiger partial charge in [-0.2, -0.15) is 0 Å². The highest BCUT2D eigenvalue weighted by atomic mass is 16.5. The van der Waals surface area contributed by atoms with Crippen LogP contribution in [-0.4, -0.2) is 5.97 Å². The van der Waals surface area contributed by atoms with E-state index in [4.69, 9.17) is 4.74 Å². The van der Waals surface area contributed by atoms with Crippen LogP contribution >= 0.6 is 0 Å². The number of benzene rings is 1. The van der Waals surface area contributed by atoms with Gasteiger partial charge in [-0.1, -0.05) is 45.5 Å². The maximum atomic E-state index is 11.6. The molecule has 0 bridgehead atoms. The van der Waals surface area contributed by atoms with E-state index in [1.165, 1.54) is 0 Å². The van der Waals surface area contributed by atoms with E-state index >= 15 is 0 Å². The van der Waals surface area contributed by atoms with Gasteiger partial charge in [-0.05, 0) is 24.8 Å². The van der Waals surface area contributed by atoms with Crippen LogP contribution in [0.4, 0.5) is 0 Å². The predicted molar refractivity (Wildman–Crippen MR) is 70.2 cm³/mol. The lowest BCUT2D eigenvalue weighted by Gasteiger charge is -2.25. The molecule has 0 unspecified atom stereocenters. The van der Waals surface area contributed by atoms with Crippen LogP contribution in [0, 0.1) is 0 Å². The number of rotatable bonds is 4. The summed E-state index contributed by atoms with van der Waals surface area (Å²) in [5.74, 6) is 0.261. The van der Waals surface area contributed by atoms with Crippen LogP contribution in [0.1, 0.15) is 39.7 Å². The number of para-hydroxylation sites is 1. The second-order valence-corrected chi connectivity index (χ2v) is 4.90. The Labute approximate surface area is 103 Å². The molecule has 0 aliphatic carbocycles. The van der Waals surface area contributed by atoms with Gasteiger partial charge in [0.1, 0.15) is 5.75 Å². The molecule has 1 rings (SSSR count). The van der Waals surface area contributed by atoms with Crippen LogP contribution in [0.25, 0.3) is 0 Å². The van der Waals surface area contributed by atoms with Crippen LogP contribution in [0.3, 0.4) is 0 Å². The molecule has 0 saturated carbocycles. The summed E-state index contributed by atoms with van der Waals surface area (Å²) in [5, 5.41) is 0. The first-order valence-corrected chi connectivity index (χ1v) is 5.85. The highest BCUT2D eigenvalue weighted by Crippen LogP contribution is 2.34. The molecular weight excluding hydrogens is 212 g/mol. The fraction of sp³-hybridized carbons (Fsp3) is 0.400. The number of hydrogen-bond donors (Lipinski definition) is 0. The summed E-state index contributed by atoms with van der Waals surface area (Å²) in [5.41, 5.74) is 1.46. The Morgan fingerprint density at radius 1 is 1.35 bits per heavy atom. The van der Waals surface area contributed by atoms with Crippen molar-refractivity contribution in [1.82, 2.24) is 0 Å². The Balaban J connectivity index is 3.09. The molecule has 0 aliphatic rings. The van der Waals surface area contributed by atoms with Gasteiger partial charge in [0.15, 0.2) is 0 Å². The molecule has 0 fully saturated rings. The van der Waals surface area contributed by atoms with Crippen molar-refractivity contribution in [2.75, 3.05) is 0 Å². The van der Waals surface area contributed by atoms with Gasteiger partial charge < -0.3 is 4.74 Å².